The maximum Gasteiger partial charge on any atom is 0.419 e. The fourth-order valence-corrected chi connectivity index (χ4v) is 8.79. The predicted molar refractivity (Wildman–Crippen MR) is 260 cm³/mol. The maximum atomic E-state index is 12.5. The van der Waals surface area contributed by atoms with E-state index in [-0.39, 0.29) is 109 Å². The number of aliphatic hydroxyl groups is 3. The van der Waals surface area contributed by atoms with Gasteiger partial charge in [-0.25, -0.2) is 17.6 Å². The molecule has 6 saturated carbocycles. The van der Waals surface area contributed by atoms with Gasteiger partial charge in [-0.3, -0.25) is 9.59 Å². The first kappa shape index (κ1) is 78.5. The standard InChI is InChI=1S/C15H24O3.C13H21F3O2.C11H22O3.C4H6F4.8CH4/c1-3-10(2)13(16)18-15-7-11-4-12(8-15)6-14(17,5-11)9-15;1-7-8(2)10-4-9(7)5-11(10)18-6-12(3,17)13(14,15)16;1-7-8(2)9(12)14-11(5,6)10(3,4)13;1-3(5,6)4(2,7)8;;;;;;;;/h10-12,17H,3-9H2,1-2H3;7-11,17H,4-6H2,1-3H3;8,13H,7H2,1-6H3;1-2H3;8*1H4. The molecule has 10 atom stereocenters. The van der Waals surface area contributed by atoms with Crippen molar-refractivity contribution >= 4 is 11.9 Å². The molecule has 6 aliphatic rings. The zero-order valence-electron chi connectivity index (χ0n) is 37.0. The van der Waals surface area contributed by atoms with Gasteiger partial charge in [-0.2, -0.15) is 13.2 Å². The molecule has 0 radical (unpaired) electrons. The summed E-state index contributed by atoms with van der Waals surface area (Å²) in [6.45, 7) is 19.2. The Bertz CT molecular complexity index is 1320. The van der Waals surface area contributed by atoms with Crippen molar-refractivity contribution in [1.82, 2.24) is 0 Å². The lowest BCUT2D eigenvalue weighted by molar-refractivity contribution is -0.272. The normalized spacial score (nSPS) is 29.5. The minimum atomic E-state index is -4.64. The summed E-state index contributed by atoms with van der Waals surface area (Å²) in [5, 5.41) is 29.7. The lowest BCUT2D eigenvalue weighted by Crippen LogP contribution is -2.60. The van der Waals surface area contributed by atoms with E-state index in [1.807, 2.05) is 27.7 Å². The Morgan fingerprint density at radius 3 is 1.38 bits per heavy atom. The highest BCUT2D eigenvalue weighted by atomic mass is 19.4. The summed E-state index contributed by atoms with van der Waals surface area (Å²) in [5.41, 5.74) is -5.51. The number of alkyl halides is 7. The van der Waals surface area contributed by atoms with Gasteiger partial charge < -0.3 is 29.5 Å². The molecule has 0 aromatic carbocycles. The highest BCUT2D eigenvalue weighted by Gasteiger charge is 2.59. The summed E-state index contributed by atoms with van der Waals surface area (Å²) < 4.78 is 99.9. The highest BCUT2D eigenvalue weighted by molar-refractivity contribution is 5.73. The van der Waals surface area contributed by atoms with Crippen LogP contribution in [-0.2, 0) is 23.8 Å². The Morgan fingerprint density at radius 1 is 0.652 bits per heavy atom. The number of esters is 2. The number of hydrogen-bond acceptors (Lipinski definition) is 8. The lowest BCUT2D eigenvalue weighted by Gasteiger charge is -2.59. The van der Waals surface area contributed by atoms with Crippen molar-refractivity contribution < 1.29 is 69.9 Å². The zero-order valence-corrected chi connectivity index (χ0v) is 37.0. The van der Waals surface area contributed by atoms with Crippen LogP contribution < -0.4 is 0 Å². The third kappa shape index (κ3) is 20.3. The van der Waals surface area contributed by atoms with E-state index >= 15 is 0 Å². The third-order valence-corrected chi connectivity index (χ3v) is 13.9. The SMILES string of the molecule is C.C.C.C.C.C.C.C.CC(F)(F)C(C)(F)F.CC1C2CC(OCC(C)(O)C(F)(F)F)C(C2)C1C.CCC(C)C(=O)OC(C)(C)C(C)(C)O.CCC(C)C(=O)OC12CC3CC(CC(O)(C3)C1)C2. The van der Waals surface area contributed by atoms with Crippen molar-refractivity contribution in [2.75, 3.05) is 6.61 Å². The van der Waals surface area contributed by atoms with E-state index in [9.17, 15) is 55.6 Å². The summed E-state index contributed by atoms with van der Waals surface area (Å²) >= 11 is 0. The number of carbonyl (C=O) groups excluding carboxylic acids is 2. The summed E-state index contributed by atoms with van der Waals surface area (Å²) in [7, 11) is 0. The average Bonchev–Trinajstić information content (AvgIpc) is 3.58. The van der Waals surface area contributed by atoms with Crippen molar-refractivity contribution in [3.8, 4) is 0 Å². The monoisotopic (exact) mass is 979 g/mol. The molecule has 0 amide bonds. The fraction of sp³-hybridized carbons (Fsp3) is 0.961. The predicted octanol–water partition coefficient (Wildman–Crippen LogP) is 15.2. The van der Waals surface area contributed by atoms with Gasteiger partial charge in [-0.05, 0) is 128 Å². The summed E-state index contributed by atoms with van der Waals surface area (Å²) in [6.07, 6.45) is 4.43. The van der Waals surface area contributed by atoms with Gasteiger partial charge in [0.05, 0.1) is 35.7 Å². The number of hydrogen-bond donors (Lipinski definition) is 3. The number of carbonyl (C=O) groups is 2. The van der Waals surface area contributed by atoms with Gasteiger partial charge in [0.15, 0.2) is 5.60 Å². The molecule has 0 spiro atoms. The first-order valence-corrected chi connectivity index (χ1v) is 21.0. The summed E-state index contributed by atoms with van der Waals surface area (Å²) in [5.74, 6) is -5.03. The Hall–Kier alpha value is -1.71. The van der Waals surface area contributed by atoms with Gasteiger partial charge in [0, 0.05) is 20.3 Å². The van der Waals surface area contributed by atoms with E-state index < -0.39 is 47.0 Å². The molecule has 3 N–H and O–H groups in total. The molecule has 6 aliphatic carbocycles. The fourth-order valence-electron chi connectivity index (χ4n) is 8.79. The molecule has 0 aromatic heterocycles. The van der Waals surface area contributed by atoms with E-state index in [0.29, 0.717) is 41.9 Å². The molecule has 406 valence electrons. The Kier molecular flexibility index (Phi) is 33.5. The molecule has 0 aliphatic heterocycles. The molecule has 66 heavy (non-hydrogen) atoms. The second-order valence-corrected chi connectivity index (χ2v) is 19.9. The van der Waals surface area contributed by atoms with E-state index in [4.69, 9.17) is 14.2 Å². The summed E-state index contributed by atoms with van der Waals surface area (Å²) in [4.78, 5) is 23.6. The van der Waals surface area contributed by atoms with Crippen LogP contribution in [0.1, 0.15) is 214 Å². The molecule has 15 heteroatoms. The lowest BCUT2D eigenvalue weighted by atomic mass is 9.52. The molecule has 6 rings (SSSR count). The van der Waals surface area contributed by atoms with E-state index in [2.05, 4.69) is 13.8 Å². The van der Waals surface area contributed by atoms with Gasteiger partial charge in [0.1, 0.15) is 11.2 Å². The molecule has 0 heterocycles. The topological polar surface area (TPSA) is 123 Å². The Balaban J connectivity index is -0.000000140. The van der Waals surface area contributed by atoms with Crippen LogP contribution in [0.15, 0.2) is 0 Å². The van der Waals surface area contributed by atoms with Crippen LogP contribution in [0, 0.1) is 47.3 Å². The smallest absolute Gasteiger partial charge is 0.419 e. The third-order valence-electron chi connectivity index (χ3n) is 13.9. The minimum absolute atomic E-state index is 0. The Labute approximate surface area is 400 Å². The molecular weight excluding hydrogens is 874 g/mol. The quantitative estimate of drug-likeness (QED) is 0.138. The molecule has 0 aromatic rings. The largest absolute Gasteiger partial charge is 0.459 e. The first-order valence-electron chi connectivity index (χ1n) is 21.0. The number of rotatable bonds is 11. The second kappa shape index (κ2) is 28.2. The molecule has 0 saturated heterocycles. The van der Waals surface area contributed by atoms with Crippen molar-refractivity contribution in [2.24, 2.45) is 47.3 Å². The molecule has 10 unspecified atom stereocenters. The van der Waals surface area contributed by atoms with Crippen LogP contribution in [0.4, 0.5) is 30.7 Å². The van der Waals surface area contributed by atoms with Crippen LogP contribution in [0.5, 0.6) is 0 Å². The number of ether oxygens (including phenoxy) is 3. The van der Waals surface area contributed by atoms with Crippen LogP contribution in [-0.4, -0.2) is 86.0 Å². The van der Waals surface area contributed by atoms with E-state index in [1.165, 1.54) is 6.42 Å². The van der Waals surface area contributed by atoms with Gasteiger partial charge in [-0.15, -0.1) is 0 Å². The first-order chi connectivity index (χ1) is 25.9. The van der Waals surface area contributed by atoms with Crippen molar-refractivity contribution in [2.45, 2.75) is 266 Å². The van der Waals surface area contributed by atoms with Gasteiger partial charge in [0.2, 0.25) is 0 Å². The van der Waals surface area contributed by atoms with Crippen LogP contribution in [0.3, 0.4) is 0 Å². The highest BCUT2D eigenvalue weighted by Crippen LogP contribution is 2.59. The van der Waals surface area contributed by atoms with Gasteiger partial charge >= 0.3 is 30.0 Å². The minimum Gasteiger partial charge on any atom is -0.459 e. The van der Waals surface area contributed by atoms with Gasteiger partial charge in [0.25, 0.3) is 0 Å². The number of fused-ring (bicyclic) bond motifs is 2. The van der Waals surface area contributed by atoms with E-state index in [1.54, 1.807) is 27.7 Å². The zero-order chi connectivity index (χ0) is 45.3. The molecule has 8 nitrogen and oxygen atoms in total. The van der Waals surface area contributed by atoms with Crippen molar-refractivity contribution in [3.63, 3.8) is 0 Å². The van der Waals surface area contributed by atoms with Crippen LogP contribution in [0.25, 0.3) is 0 Å². The molecule has 6 fully saturated rings. The van der Waals surface area contributed by atoms with E-state index in [0.717, 1.165) is 58.3 Å². The molecule has 6 bridgehead atoms. The second-order valence-electron chi connectivity index (χ2n) is 19.9. The maximum absolute atomic E-state index is 12.5. The van der Waals surface area contributed by atoms with Crippen LogP contribution >= 0.6 is 0 Å². The average molecular weight is 979 g/mol. The summed E-state index contributed by atoms with van der Waals surface area (Å²) in [6, 6.07) is 0. The van der Waals surface area contributed by atoms with Gasteiger partial charge in [-0.1, -0.05) is 101 Å². The number of halogens is 7. The van der Waals surface area contributed by atoms with Crippen molar-refractivity contribution in [3.05, 3.63) is 0 Å². The van der Waals surface area contributed by atoms with Crippen LogP contribution in [0.2, 0.25) is 0 Å². The van der Waals surface area contributed by atoms with Crippen molar-refractivity contribution in [1.29, 1.82) is 0 Å². The molecular formula is C51H105F7O8. The Morgan fingerprint density at radius 2 is 1.06 bits per heavy atom.